The van der Waals surface area contributed by atoms with Gasteiger partial charge in [0, 0.05) is 26.8 Å². The summed E-state index contributed by atoms with van der Waals surface area (Å²) in [7, 11) is 0. The number of carbonyl (C=O) groups is 4. The molecule has 8 heteroatoms. The van der Waals surface area contributed by atoms with E-state index in [2.05, 4.69) is 34.7 Å². The van der Waals surface area contributed by atoms with Gasteiger partial charge in [0.15, 0.2) is 0 Å². The number of nitrogens with two attached hydrogens (primary N) is 3. The van der Waals surface area contributed by atoms with Crippen LogP contribution in [0.15, 0.2) is 30.3 Å². The van der Waals surface area contributed by atoms with Gasteiger partial charge in [0.05, 0.1) is 0 Å². The van der Waals surface area contributed by atoms with Crippen molar-refractivity contribution >= 4 is 24.1 Å². The molecule has 0 saturated heterocycles. The molecule has 26 heavy (non-hydrogen) atoms. The molecular formula is C18H34N4O4. The summed E-state index contributed by atoms with van der Waals surface area (Å²) < 4.78 is 0. The molecule has 0 heterocycles. The maximum absolute atomic E-state index is 10.7. The highest BCUT2D eigenvalue weighted by Crippen LogP contribution is 2.02. The Morgan fingerprint density at radius 2 is 1.31 bits per heavy atom. The van der Waals surface area contributed by atoms with Crippen LogP contribution in [0.25, 0.3) is 0 Å². The quantitative estimate of drug-likeness (QED) is 0.581. The number of hydrogen-bond acceptors (Lipinski definition) is 4. The topological polar surface area (TPSA) is 158 Å². The van der Waals surface area contributed by atoms with E-state index in [0.29, 0.717) is 0 Å². The molecular weight excluding hydrogens is 336 g/mol. The number of primary amides is 3. The minimum atomic E-state index is -0.333. The second-order valence-corrected chi connectivity index (χ2v) is 4.65. The smallest absolute Gasteiger partial charge is 0.217 e. The van der Waals surface area contributed by atoms with Gasteiger partial charge in [-0.15, -0.1) is 0 Å². The first kappa shape index (κ1) is 30.9. The summed E-state index contributed by atoms with van der Waals surface area (Å²) in [5.41, 5.74) is 14.4. The highest BCUT2D eigenvalue weighted by Gasteiger charge is 2.03. The summed E-state index contributed by atoms with van der Waals surface area (Å²) in [6.07, 6.45) is 1.14. The Morgan fingerprint density at radius 3 is 1.58 bits per heavy atom. The Hall–Kier alpha value is -2.90. The zero-order valence-corrected chi connectivity index (χ0v) is 16.6. The number of carbonyl (C=O) groups excluding carboxylic acids is 4. The van der Waals surface area contributed by atoms with Gasteiger partial charge in [-0.3, -0.25) is 19.2 Å². The SMILES string of the molecule is CC.CC(=O)NC(C)Cc1ccccc1.CC(N)=O.CC(N)=O.NC=O. The third kappa shape index (κ3) is 49.7. The van der Waals surface area contributed by atoms with Crippen LogP contribution in [0.1, 0.15) is 47.1 Å². The van der Waals surface area contributed by atoms with Crippen LogP contribution < -0.4 is 22.5 Å². The van der Waals surface area contributed by atoms with Crippen molar-refractivity contribution in [1.29, 1.82) is 0 Å². The van der Waals surface area contributed by atoms with Crippen molar-refractivity contribution in [2.45, 2.75) is 54.0 Å². The second kappa shape index (κ2) is 24.4. The minimum Gasteiger partial charge on any atom is -0.372 e. The van der Waals surface area contributed by atoms with E-state index < -0.39 is 0 Å². The van der Waals surface area contributed by atoms with Gasteiger partial charge in [-0.05, 0) is 18.9 Å². The summed E-state index contributed by atoms with van der Waals surface area (Å²) in [6, 6.07) is 10.4. The van der Waals surface area contributed by atoms with Crippen LogP contribution in [0, 0.1) is 0 Å². The van der Waals surface area contributed by atoms with Gasteiger partial charge in [-0.1, -0.05) is 44.2 Å². The van der Waals surface area contributed by atoms with Crippen molar-refractivity contribution in [3.05, 3.63) is 35.9 Å². The monoisotopic (exact) mass is 370 g/mol. The van der Waals surface area contributed by atoms with Crippen LogP contribution in [0.5, 0.6) is 0 Å². The molecule has 1 atom stereocenters. The van der Waals surface area contributed by atoms with E-state index in [-0.39, 0.29) is 30.2 Å². The normalized spacial score (nSPS) is 8.69. The highest BCUT2D eigenvalue weighted by atomic mass is 16.2. The molecule has 0 fully saturated rings. The van der Waals surface area contributed by atoms with Crippen LogP contribution in [-0.4, -0.2) is 30.2 Å². The third-order valence-electron chi connectivity index (χ3n) is 1.83. The Bertz CT molecular complexity index is 459. The lowest BCUT2D eigenvalue weighted by Crippen LogP contribution is -2.31. The number of amides is 4. The molecule has 0 aliphatic rings. The third-order valence-corrected chi connectivity index (χ3v) is 1.83. The Morgan fingerprint density at radius 1 is 1.00 bits per heavy atom. The minimum absolute atomic E-state index is 0.0310. The number of hydrogen-bond donors (Lipinski definition) is 4. The van der Waals surface area contributed by atoms with E-state index in [0.717, 1.165) is 6.42 Å². The summed E-state index contributed by atoms with van der Waals surface area (Å²) >= 11 is 0. The summed E-state index contributed by atoms with van der Waals surface area (Å²) in [5, 5.41) is 2.85. The first-order valence-electron chi connectivity index (χ1n) is 8.05. The molecule has 0 aliphatic carbocycles. The molecule has 1 aromatic carbocycles. The predicted octanol–water partition coefficient (Wildman–Crippen LogP) is 0.865. The highest BCUT2D eigenvalue weighted by molar-refractivity contribution is 5.73. The average Bonchev–Trinajstić information content (AvgIpc) is 2.49. The lowest BCUT2D eigenvalue weighted by Gasteiger charge is -2.11. The fourth-order valence-electron chi connectivity index (χ4n) is 1.37. The molecule has 0 saturated carbocycles. The van der Waals surface area contributed by atoms with E-state index >= 15 is 0 Å². The molecule has 150 valence electrons. The molecule has 0 aliphatic heterocycles. The average molecular weight is 370 g/mol. The van der Waals surface area contributed by atoms with E-state index in [9.17, 15) is 14.4 Å². The molecule has 0 spiro atoms. The molecule has 0 bridgehead atoms. The van der Waals surface area contributed by atoms with Gasteiger partial charge in [0.1, 0.15) is 0 Å². The van der Waals surface area contributed by atoms with E-state index in [1.807, 2.05) is 39.0 Å². The maximum Gasteiger partial charge on any atom is 0.217 e. The zero-order chi connectivity index (χ0) is 21.5. The first-order valence-corrected chi connectivity index (χ1v) is 8.05. The summed E-state index contributed by atoms with van der Waals surface area (Å²) in [4.78, 5) is 37.8. The van der Waals surface area contributed by atoms with Crippen molar-refractivity contribution in [3.8, 4) is 0 Å². The van der Waals surface area contributed by atoms with Gasteiger partial charge in [-0.25, -0.2) is 0 Å². The number of benzene rings is 1. The Labute approximate surface area is 156 Å². The van der Waals surface area contributed by atoms with Gasteiger partial charge < -0.3 is 22.5 Å². The van der Waals surface area contributed by atoms with E-state index in [4.69, 9.17) is 4.79 Å². The molecule has 1 rings (SSSR count). The van der Waals surface area contributed by atoms with Gasteiger partial charge in [0.25, 0.3) is 0 Å². The van der Waals surface area contributed by atoms with E-state index in [1.165, 1.54) is 19.4 Å². The van der Waals surface area contributed by atoms with Crippen LogP contribution in [0.3, 0.4) is 0 Å². The van der Waals surface area contributed by atoms with Crippen LogP contribution in [-0.2, 0) is 25.6 Å². The summed E-state index contributed by atoms with van der Waals surface area (Å²) in [5.74, 6) is -0.636. The van der Waals surface area contributed by atoms with Crippen LogP contribution in [0.2, 0.25) is 0 Å². The molecule has 4 amide bonds. The van der Waals surface area contributed by atoms with Crippen LogP contribution in [0.4, 0.5) is 0 Å². The largest absolute Gasteiger partial charge is 0.372 e. The van der Waals surface area contributed by atoms with Crippen LogP contribution >= 0.6 is 0 Å². The van der Waals surface area contributed by atoms with E-state index in [1.54, 1.807) is 6.92 Å². The fraction of sp³-hybridized carbons (Fsp3) is 0.444. The Kier molecular flexibility index (Phi) is 29.0. The van der Waals surface area contributed by atoms with Crippen molar-refractivity contribution in [3.63, 3.8) is 0 Å². The lowest BCUT2D eigenvalue weighted by atomic mass is 10.1. The van der Waals surface area contributed by atoms with Crippen molar-refractivity contribution in [2.75, 3.05) is 0 Å². The molecule has 7 N–H and O–H groups in total. The summed E-state index contributed by atoms with van der Waals surface area (Å²) in [6.45, 7) is 10.2. The van der Waals surface area contributed by atoms with Crippen molar-refractivity contribution in [2.24, 2.45) is 17.2 Å². The molecule has 0 aromatic heterocycles. The lowest BCUT2D eigenvalue weighted by molar-refractivity contribution is -0.119. The van der Waals surface area contributed by atoms with Crippen molar-refractivity contribution in [1.82, 2.24) is 5.32 Å². The second-order valence-electron chi connectivity index (χ2n) is 4.65. The number of rotatable bonds is 3. The first-order chi connectivity index (χ1) is 12.1. The predicted molar refractivity (Wildman–Crippen MR) is 105 cm³/mol. The molecule has 8 nitrogen and oxygen atoms in total. The molecule has 0 radical (unpaired) electrons. The van der Waals surface area contributed by atoms with Gasteiger partial charge >= 0.3 is 0 Å². The zero-order valence-electron chi connectivity index (χ0n) is 16.6. The number of nitrogens with one attached hydrogen (secondary N) is 1. The standard InChI is InChI=1S/C11H15NO.2C2H5NO.C2H6.CH3NO/c1-9(12-10(2)13)8-11-6-4-3-5-7-11;2*1-2(3)4;1-2;2-1-3/h3-7,9H,8H2,1-2H3,(H,12,13);2*1H3,(H2,3,4);1-2H3;1H,(H2,2,3). The van der Waals surface area contributed by atoms with Gasteiger partial charge in [-0.2, -0.15) is 0 Å². The fourth-order valence-corrected chi connectivity index (χ4v) is 1.37. The Balaban J connectivity index is -0.000000154. The molecule has 1 aromatic rings. The van der Waals surface area contributed by atoms with Crippen molar-refractivity contribution < 1.29 is 19.2 Å². The maximum atomic E-state index is 10.7. The molecule has 1 unspecified atom stereocenters. The van der Waals surface area contributed by atoms with Gasteiger partial charge in [0.2, 0.25) is 24.1 Å².